The van der Waals surface area contributed by atoms with Crippen molar-refractivity contribution >= 4 is 27.3 Å². The highest BCUT2D eigenvalue weighted by molar-refractivity contribution is 9.11. The first-order chi connectivity index (χ1) is 8.09. The fraction of sp³-hybridized carbons (Fsp3) is 0.733. The van der Waals surface area contributed by atoms with Gasteiger partial charge in [-0.2, -0.15) is 0 Å². The maximum Gasteiger partial charge on any atom is 0.0730 e. The molecule has 0 amide bonds. The summed E-state index contributed by atoms with van der Waals surface area (Å²) in [6, 6.07) is 2.31. The summed E-state index contributed by atoms with van der Waals surface area (Å²) in [7, 11) is 0. The van der Waals surface area contributed by atoms with E-state index in [9.17, 15) is 0 Å². The molecule has 18 heavy (non-hydrogen) atoms. The molecule has 104 valence electrons. The van der Waals surface area contributed by atoms with Crippen LogP contribution in [0, 0.1) is 12.3 Å². The zero-order valence-electron chi connectivity index (χ0n) is 12.5. The zero-order valence-corrected chi connectivity index (χ0v) is 14.9. The number of hydrogen-bond acceptors (Lipinski definition) is 2. The van der Waals surface area contributed by atoms with Crippen LogP contribution in [0.2, 0.25) is 0 Å². The van der Waals surface area contributed by atoms with Crippen molar-refractivity contribution in [2.45, 2.75) is 59.9 Å². The molecule has 0 unspecified atom stereocenters. The van der Waals surface area contributed by atoms with Gasteiger partial charge in [0.1, 0.15) is 0 Å². The number of thiophene rings is 1. The largest absolute Gasteiger partial charge is 0.312 e. The van der Waals surface area contributed by atoms with E-state index in [4.69, 9.17) is 0 Å². The average molecular weight is 332 g/mol. The van der Waals surface area contributed by atoms with E-state index < -0.39 is 0 Å². The molecule has 0 saturated heterocycles. The summed E-state index contributed by atoms with van der Waals surface area (Å²) in [5.41, 5.74) is 1.91. The number of nitrogens with one attached hydrogen (secondary N) is 1. The maximum atomic E-state index is 3.61. The summed E-state index contributed by atoms with van der Waals surface area (Å²) in [5, 5.41) is 3.61. The van der Waals surface area contributed by atoms with Gasteiger partial charge >= 0.3 is 0 Å². The van der Waals surface area contributed by atoms with Crippen LogP contribution in [0.3, 0.4) is 0 Å². The Morgan fingerprint density at radius 2 is 1.83 bits per heavy atom. The van der Waals surface area contributed by atoms with Gasteiger partial charge in [0, 0.05) is 17.0 Å². The third-order valence-corrected chi connectivity index (χ3v) is 5.25. The Balaban J connectivity index is 2.46. The van der Waals surface area contributed by atoms with Gasteiger partial charge in [-0.15, -0.1) is 11.3 Å². The molecule has 1 heterocycles. The molecule has 1 nitrogen and oxygen atoms in total. The van der Waals surface area contributed by atoms with Crippen molar-refractivity contribution in [1.29, 1.82) is 0 Å². The van der Waals surface area contributed by atoms with Crippen molar-refractivity contribution in [2.75, 3.05) is 6.54 Å². The summed E-state index contributed by atoms with van der Waals surface area (Å²) in [6.45, 7) is 14.6. The molecule has 0 fully saturated rings. The van der Waals surface area contributed by atoms with E-state index in [1.807, 2.05) is 11.3 Å². The fourth-order valence-corrected chi connectivity index (χ4v) is 3.33. The summed E-state index contributed by atoms with van der Waals surface area (Å²) < 4.78 is 1.28. The van der Waals surface area contributed by atoms with Crippen molar-refractivity contribution in [2.24, 2.45) is 5.41 Å². The van der Waals surface area contributed by atoms with Gasteiger partial charge in [0.25, 0.3) is 0 Å². The summed E-state index contributed by atoms with van der Waals surface area (Å²) in [4.78, 5) is 1.49. The third kappa shape index (κ3) is 5.85. The predicted octanol–water partition coefficient (Wildman–Crippen LogP) is 5.17. The molecule has 0 aliphatic heterocycles. The SMILES string of the molecule is Cc1cc(CCC(C)(C)CNC(C)(C)C)sc1Br. The second kappa shape index (κ2) is 6.06. The van der Waals surface area contributed by atoms with Crippen LogP contribution in [0.15, 0.2) is 9.85 Å². The summed E-state index contributed by atoms with van der Waals surface area (Å²) in [5.74, 6) is 0. The van der Waals surface area contributed by atoms with E-state index in [-0.39, 0.29) is 5.54 Å². The van der Waals surface area contributed by atoms with Gasteiger partial charge in [-0.3, -0.25) is 0 Å². The fourth-order valence-electron chi connectivity index (χ4n) is 1.70. The summed E-state index contributed by atoms with van der Waals surface area (Å²) >= 11 is 5.47. The molecule has 0 aliphatic carbocycles. The number of rotatable bonds is 5. The first kappa shape index (κ1) is 16.2. The van der Waals surface area contributed by atoms with Crippen LogP contribution in [0.5, 0.6) is 0 Å². The highest BCUT2D eigenvalue weighted by Crippen LogP contribution is 2.31. The molecule has 1 N–H and O–H groups in total. The molecule has 0 atom stereocenters. The quantitative estimate of drug-likeness (QED) is 0.785. The minimum atomic E-state index is 0.208. The van der Waals surface area contributed by atoms with Crippen LogP contribution < -0.4 is 5.32 Å². The van der Waals surface area contributed by atoms with Crippen molar-refractivity contribution in [3.63, 3.8) is 0 Å². The monoisotopic (exact) mass is 331 g/mol. The van der Waals surface area contributed by atoms with Crippen molar-refractivity contribution in [1.82, 2.24) is 5.32 Å². The van der Waals surface area contributed by atoms with E-state index in [1.54, 1.807) is 0 Å². The molecule has 3 heteroatoms. The maximum absolute atomic E-state index is 3.61. The number of halogens is 1. The van der Waals surface area contributed by atoms with Gasteiger partial charge in [0.2, 0.25) is 0 Å². The van der Waals surface area contributed by atoms with Crippen molar-refractivity contribution in [3.05, 3.63) is 20.3 Å². The van der Waals surface area contributed by atoms with Gasteiger partial charge in [-0.05, 0) is 73.5 Å². The molecule has 0 bridgehead atoms. The van der Waals surface area contributed by atoms with Crippen LogP contribution in [0.25, 0.3) is 0 Å². The van der Waals surface area contributed by atoms with Crippen molar-refractivity contribution < 1.29 is 0 Å². The molecule has 1 aromatic heterocycles. The van der Waals surface area contributed by atoms with Crippen LogP contribution in [-0.4, -0.2) is 12.1 Å². The summed E-state index contributed by atoms with van der Waals surface area (Å²) in [6.07, 6.45) is 2.40. The minimum Gasteiger partial charge on any atom is -0.312 e. The van der Waals surface area contributed by atoms with Gasteiger partial charge in [0.15, 0.2) is 0 Å². The molecule has 0 spiro atoms. The first-order valence-electron chi connectivity index (χ1n) is 6.59. The van der Waals surface area contributed by atoms with Crippen LogP contribution in [0.4, 0.5) is 0 Å². The van der Waals surface area contributed by atoms with Crippen LogP contribution >= 0.6 is 27.3 Å². The number of hydrogen-bond donors (Lipinski definition) is 1. The lowest BCUT2D eigenvalue weighted by Gasteiger charge is -2.30. The Bertz CT molecular complexity index is 368. The van der Waals surface area contributed by atoms with Gasteiger partial charge in [-0.1, -0.05) is 13.8 Å². The van der Waals surface area contributed by atoms with E-state index >= 15 is 0 Å². The third-order valence-electron chi connectivity index (χ3n) is 3.05. The van der Waals surface area contributed by atoms with E-state index in [1.165, 1.54) is 27.1 Å². The van der Waals surface area contributed by atoms with Gasteiger partial charge in [0.05, 0.1) is 3.79 Å². The van der Waals surface area contributed by atoms with E-state index in [0.717, 1.165) is 6.54 Å². The van der Waals surface area contributed by atoms with Gasteiger partial charge in [-0.25, -0.2) is 0 Å². The van der Waals surface area contributed by atoms with Crippen molar-refractivity contribution in [3.8, 4) is 0 Å². The molecule has 0 aliphatic rings. The highest BCUT2D eigenvalue weighted by atomic mass is 79.9. The highest BCUT2D eigenvalue weighted by Gasteiger charge is 2.21. The lowest BCUT2D eigenvalue weighted by Crippen LogP contribution is -2.42. The second-order valence-corrected chi connectivity index (χ2v) is 9.39. The van der Waals surface area contributed by atoms with E-state index in [0.29, 0.717) is 5.41 Å². The predicted molar refractivity (Wildman–Crippen MR) is 86.6 cm³/mol. The Kier molecular flexibility index (Phi) is 5.45. The molecule has 1 aromatic rings. The first-order valence-corrected chi connectivity index (χ1v) is 8.20. The molecule has 0 aromatic carbocycles. The van der Waals surface area contributed by atoms with E-state index in [2.05, 4.69) is 68.9 Å². The smallest absolute Gasteiger partial charge is 0.0730 e. The Morgan fingerprint density at radius 3 is 2.28 bits per heavy atom. The normalized spacial score (nSPS) is 13.1. The standard InChI is InChI=1S/C15H26BrNS/c1-11-9-12(18-13(11)16)7-8-15(5,6)10-17-14(2,3)4/h9,17H,7-8,10H2,1-6H3. The minimum absolute atomic E-state index is 0.208. The molecule has 0 saturated carbocycles. The molecular weight excluding hydrogens is 306 g/mol. The lowest BCUT2D eigenvalue weighted by atomic mass is 9.86. The Morgan fingerprint density at radius 1 is 1.22 bits per heavy atom. The van der Waals surface area contributed by atoms with Crippen LogP contribution in [0.1, 0.15) is 51.5 Å². The number of aryl methyl sites for hydroxylation is 2. The molecular formula is C15H26BrNS. The lowest BCUT2D eigenvalue weighted by molar-refractivity contribution is 0.274. The second-order valence-electron chi connectivity index (χ2n) is 6.94. The van der Waals surface area contributed by atoms with Gasteiger partial charge < -0.3 is 5.32 Å². The van der Waals surface area contributed by atoms with Crippen LogP contribution in [-0.2, 0) is 6.42 Å². The topological polar surface area (TPSA) is 12.0 Å². The Hall–Kier alpha value is 0.140. The average Bonchev–Trinajstić information content (AvgIpc) is 2.53. The molecule has 0 radical (unpaired) electrons. The molecule has 1 rings (SSSR count). The zero-order chi connectivity index (χ0) is 14.0. The Labute approximate surface area is 125 Å².